The Hall–Kier alpha value is -1.06. The molecule has 4 atom stereocenters. The molecule has 0 spiro atoms. The smallest absolute Gasteiger partial charge is 0.307 e. The number of nitrogens with zero attached hydrogens (tertiary/aromatic N) is 1. The fourth-order valence-corrected chi connectivity index (χ4v) is 3.71. The number of aliphatic carboxylic acids is 1. The van der Waals surface area contributed by atoms with Gasteiger partial charge in [0.25, 0.3) is 0 Å². The highest BCUT2D eigenvalue weighted by atomic mass is 16.4. The molecule has 4 unspecified atom stereocenters. The lowest BCUT2D eigenvalue weighted by molar-refractivity contribution is -0.142. The molecule has 0 saturated heterocycles. The number of hydrogen-bond donors (Lipinski definition) is 1. The minimum absolute atomic E-state index is 0.0245. The summed E-state index contributed by atoms with van der Waals surface area (Å²) in [5.41, 5.74) is -0.391. The molecular formula is C15H25NO3. The van der Waals surface area contributed by atoms with E-state index in [1.54, 1.807) is 0 Å². The molecular weight excluding hydrogens is 242 g/mol. The number of hydrogen-bond acceptors (Lipinski definition) is 2. The molecule has 2 aliphatic rings. The quantitative estimate of drug-likeness (QED) is 0.854. The fourth-order valence-electron chi connectivity index (χ4n) is 3.71. The van der Waals surface area contributed by atoms with Gasteiger partial charge in [0.2, 0.25) is 5.91 Å². The first-order valence-corrected chi connectivity index (χ1v) is 7.26. The molecule has 0 aliphatic heterocycles. The molecule has 19 heavy (non-hydrogen) atoms. The Morgan fingerprint density at radius 2 is 1.84 bits per heavy atom. The summed E-state index contributed by atoms with van der Waals surface area (Å²) in [4.78, 5) is 25.5. The highest BCUT2D eigenvalue weighted by Crippen LogP contribution is 2.59. The van der Waals surface area contributed by atoms with Crippen LogP contribution in [-0.4, -0.2) is 35.0 Å². The zero-order valence-electron chi connectivity index (χ0n) is 12.3. The topological polar surface area (TPSA) is 57.6 Å². The van der Waals surface area contributed by atoms with Gasteiger partial charge in [-0.25, -0.2) is 0 Å². The van der Waals surface area contributed by atoms with Crippen molar-refractivity contribution in [2.45, 2.75) is 52.5 Å². The van der Waals surface area contributed by atoms with E-state index in [0.29, 0.717) is 12.0 Å². The third-order valence-corrected chi connectivity index (χ3v) is 5.16. The number of carboxylic acids is 1. The van der Waals surface area contributed by atoms with Crippen molar-refractivity contribution in [2.24, 2.45) is 23.2 Å². The van der Waals surface area contributed by atoms with Crippen LogP contribution in [0.15, 0.2) is 0 Å². The summed E-state index contributed by atoms with van der Waals surface area (Å²) < 4.78 is 0. The average Bonchev–Trinajstić information content (AvgIpc) is 2.90. The van der Waals surface area contributed by atoms with Crippen LogP contribution in [0, 0.1) is 23.2 Å². The van der Waals surface area contributed by atoms with Crippen LogP contribution >= 0.6 is 0 Å². The molecule has 0 aromatic heterocycles. The maximum Gasteiger partial charge on any atom is 0.307 e. The molecule has 0 radical (unpaired) electrons. The van der Waals surface area contributed by atoms with Crippen LogP contribution in [0.5, 0.6) is 0 Å². The molecule has 0 aromatic carbocycles. The third kappa shape index (κ3) is 2.49. The van der Waals surface area contributed by atoms with Gasteiger partial charge < -0.3 is 10.0 Å². The Bertz CT molecular complexity index is 391. The minimum Gasteiger partial charge on any atom is -0.481 e. The summed E-state index contributed by atoms with van der Waals surface area (Å²) >= 11 is 0. The second-order valence-corrected chi connectivity index (χ2v) is 6.99. The van der Waals surface area contributed by atoms with E-state index in [1.165, 1.54) is 12.8 Å². The van der Waals surface area contributed by atoms with Crippen molar-refractivity contribution in [2.75, 3.05) is 7.05 Å². The summed E-state index contributed by atoms with van der Waals surface area (Å²) in [6, 6.07) is 0.294. The number of amides is 1. The van der Waals surface area contributed by atoms with Crippen molar-refractivity contribution in [1.82, 2.24) is 4.90 Å². The summed E-state index contributed by atoms with van der Waals surface area (Å²) in [6.45, 7) is 5.99. The van der Waals surface area contributed by atoms with E-state index >= 15 is 0 Å². The zero-order chi connectivity index (χ0) is 14.4. The van der Waals surface area contributed by atoms with E-state index in [-0.39, 0.29) is 11.8 Å². The van der Waals surface area contributed by atoms with E-state index in [2.05, 4.69) is 6.92 Å². The van der Waals surface area contributed by atoms with Crippen molar-refractivity contribution in [3.05, 3.63) is 0 Å². The first-order valence-electron chi connectivity index (χ1n) is 7.26. The van der Waals surface area contributed by atoms with E-state index in [9.17, 15) is 14.7 Å². The lowest BCUT2D eigenvalue weighted by atomic mass is 9.86. The molecule has 4 nitrogen and oxygen atoms in total. The SMILES string of the molecule is CC1CCCC(N(C)C(=O)C2C(C(=O)O)C2(C)C)C1. The van der Waals surface area contributed by atoms with Crippen LogP contribution in [0.1, 0.15) is 46.5 Å². The number of rotatable bonds is 3. The van der Waals surface area contributed by atoms with Gasteiger partial charge in [0.1, 0.15) is 0 Å². The Morgan fingerprint density at radius 3 is 2.32 bits per heavy atom. The van der Waals surface area contributed by atoms with Crippen molar-refractivity contribution in [3.63, 3.8) is 0 Å². The summed E-state index contributed by atoms with van der Waals surface area (Å²) in [6.07, 6.45) is 4.51. The zero-order valence-corrected chi connectivity index (χ0v) is 12.3. The lowest BCUT2D eigenvalue weighted by Gasteiger charge is -2.34. The molecule has 2 aliphatic carbocycles. The monoisotopic (exact) mass is 267 g/mol. The second kappa shape index (κ2) is 4.80. The maximum atomic E-state index is 12.5. The first-order chi connectivity index (χ1) is 8.76. The standard InChI is InChI=1S/C15H25NO3/c1-9-6-5-7-10(8-9)16(4)13(17)11-12(14(18)19)15(11,2)3/h9-12H,5-8H2,1-4H3,(H,18,19). The number of carbonyl (C=O) groups is 2. The van der Waals surface area contributed by atoms with Crippen LogP contribution in [0.25, 0.3) is 0 Å². The summed E-state index contributed by atoms with van der Waals surface area (Å²) in [5.74, 6) is -1.00. The van der Waals surface area contributed by atoms with Crippen molar-refractivity contribution in [3.8, 4) is 0 Å². The summed E-state index contributed by atoms with van der Waals surface area (Å²) in [5, 5.41) is 9.17. The molecule has 108 valence electrons. The maximum absolute atomic E-state index is 12.5. The Labute approximate surface area is 115 Å². The van der Waals surface area contributed by atoms with Gasteiger partial charge in [-0.05, 0) is 24.2 Å². The number of carboxylic acid groups (broad SMARTS) is 1. The van der Waals surface area contributed by atoms with Gasteiger partial charge in [0, 0.05) is 13.1 Å². The second-order valence-electron chi connectivity index (χ2n) is 6.99. The van der Waals surface area contributed by atoms with Gasteiger partial charge in [-0.3, -0.25) is 9.59 Å². The van der Waals surface area contributed by atoms with Crippen LogP contribution < -0.4 is 0 Å². The van der Waals surface area contributed by atoms with Gasteiger partial charge in [-0.15, -0.1) is 0 Å². The van der Waals surface area contributed by atoms with Crippen LogP contribution in [-0.2, 0) is 9.59 Å². The van der Waals surface area contributed by atoms with Crippen LogP contribution in [0.3, 0.4) is 0 Å². The summed E-state index contributed by atoms with van der Waals surface area (Å²) in [7, 11) is 1.85. The molecule has 2 rings (SSSR count). The van der Waals surface area contributed by atoms with Gasteiger partial charge in [-0.2, -0.15) is 0 Å². The molecule has 0 heterocycles. The fraction of sp³-hybridized carbons (Fsp3) is 0.867. The normalized spacial score (nSPS) is 36.6. The molecule has 0 bridgehead atoms. The van der Waals surface area contributed by atoms with Gasteiger partial charge in [0.15, 0.2) is 0 Å². The molecule has 2 fully saturated rings. The Balaban J connectivity index is 2.02. The van der Waals surface area contributed by atoms with E-state index in [4.69, 9.17) is 0 Å². The van der Waals surface area contributed by atoms with Gasteiger partial charge in [0.05, 0.1) is 11.8 Å². The van der Waals surface area contributed by atoms with E-state index in [0.717, 1.165) is 12.8 Å². The number of carbonyl (C=O) groups excluding carboxylic acids is 1. The van der Waals surface area contributed by atoms with Gasteiger partial charge in [-0.1, -0.05) is 33.6 Å². The Morgan fingerprint density at radius 1 is 1.21 bits per heavy atom. The largest absolute Gasteiger partial charge is 0.481 e. The van der Waals surface area contributed by atoms with Crippen LogP contribution in [0.4, 0.5) is 0 Å². The molecule has 1 N–H and O–H groups in total. The highest BCUT2D eigenvalue weighted by Gasteiger charge is 2.66. The minimum atomic E-state index is -0.839. The van der Waals surface area contributed by atoms with Crippen molar-refractivity contribution in [1.29, 1.82) is 0 Å². The molecule has 1 amide bonds. The third-order valence-electron chi connectivity index (χ3n) is 5.16. The first kappa shape index (κ1) is 14.4. The lowest BCUT2D eigenvalue weighted by Crippen LogP contribution is -2.41. The molecule has 0 aromatic rings. The highest BCUT2D eigenvalue weighted by molar-refractivity contribution is 5.91. The van der Waals surface area contributed by atoms with Crippen molar-refractivity contribution < 1.29 is 14.7 Å². The van der Waals surface area contributed by atoms with E-state index < -0.39 is 17.3 Å². The Kier molecular flexibility index (Phi) is 3.63. The van der Waals surface area contributed by atoms with Crippen LogP contribution in [0.2, 0.25) is 0 Å². The average molecular weight is 267 g/mol. The van der Waals surface area contributed by atoms with E-state index in [1.807, 2.05) is 25.8 Å². The van der Waals surface area contributed by atoms with Crippen molar-refractivity contribution >= 4 is 11.9 Å². The predicted molar refractivity (Wildman–Crippen MR) is 72.6 cm³/mol. The molecule has 4 heteroatoms. The molecule has 2 saturated carbocycles. The predicted octanol–water partition coefficient (Wildman–Crippen LogP) is 2.38. The van der Waals surface area contributed by atoms with Gasteiger partial charge >= 0.3 is 5.97 Å².